The molecule has 10 heteroatoms. The number of aromatic nitrogens is 1. The first-order valence-corrected chi connectivity index (χ1v) is 11.6. The largest absolute Gasteiger partial charge is 0.477 e. The molecular formula is C26H24ClN5O4. The number of carboxylic acids is 1. The number of amides is 2. The third-order valence-corrected chi connectivity index (χ3v) is 5.52. The van der Waals surface area contributed by atoms with Crippen molar-refractivity contribution in [2.24, 2.45) is 4.99 Å². The van der Waals surface area contributed by atoms with Crippen LogP contribution in [0.25, 0.3) is 0 Å². The molecular weight excluding hydrogens is 482 g/mol. The highest BCUT2D eigenvalue weighted by atomic mass is 35.5. The molecule has 1 saturated heterocycles. The number of benzene rings is 2. The first kappa shape index (κ1) is 24.7. The van der Waals surface area contributed by atoms with Crippen LogP contribution in [-0.4, -0.2) is 44.4 Å². The minimum atomic E-state index is -1.11. The van der Waals surface area contributed by atoms with Gasteiger partial charge in [0.2, 0.25) is 5.96 Å². The summed E-state index contributed by atoms with van der Waals surface area (Å²) in [4.78, 5) is 35.9. The Bertz CT molecular complexity index is 1290. The highest BCUT2D eigenvalue weighted by Crippen LogP contribution is 2.25. The number of pyridine rings is 1. The SMILES string of the molecule is C=C1N/C(=N\c2ccc(Oc3ccc(C(=O)O)nc3)cc2)N(Cc2ccc(Cl)cc2)C(=O)N1CCC. The van der Waals surface area contributed by atoms with Gasteiger partial charge in [0, 0.05) is 11.6 Å². The van der Waals surface area contributed by atoms with Crippen molar-refractivity contribution in [3.05, 3.63) is 95.5 Å². The Kier molecular flexibility index (Phi) is 7.50. The van der Waals surface area contributed by atoms with Gasteiger partial charge in [-0.05, 0) is 60.5 Å². The van der Waals surface area contributed by atoms with Gasteiger partial charge in [-0.3, -0.25) is 9.80 Å². The third-order valence-electron chi connectivity index (χ3n) is 5.26. The number of halogens is 1. The van der Waals surface area contributed by atoms with Gasteiger partial charge >= 0.3 is 12.0 Å². The van der Waals surface area contributed by atoms with E-state index < -0.39 is 5.97 Å². The molecule has 9 nitrogen and oxygen atoms in total. The second-order valence-electron chi connectivity index (χ2n) is 7.93. The van der Waals surface area contributed by atoms with Crippen molar-refractivity contribution in [2.45, 2.75) is 19.9 Å². The van der Waals surface area contributed by atoms with Crippen molar-refractivity contribution in [1.29, 1.82) is 0 Å². The second-order valence-corrected chi connectivity index (χ2v) is 8.37. The maximum Gasteiger partial charge on any atom is 0.354 e. The summed E-state index contributed by atoms with van der Waals surface area (Å²) in [7, 11) is 0. The van der Waals surface area contributed by atoms with Crippen molar-refractivity contribution in [2.75, 3.05) is 6.54 Å². The number of aromatic carboxylic acids is 1. The van der Waals surface area contributed by atoms with Crippen LogP contribution < -0.4 is 10.1 Å². The van der Waals surface area contributed by atoms with Crippen molar-refractivity contribution in [3.8, 4) is 11.5 Å². The summed E-state index contributed by atoms with van der Waals surface area (Å²) in [6.07, 6.45) is 2.13. The lowest BCUT2D eigenvalue weighted by Crippen LogP contribution is -2.57. The van der Waals surface area contributed by atoms with Gasteiger partial charge < -0.3 is 15.2 Å². The summed E-state index contributed by atoms with van der Waals surface area (Å²) in [6.45, 7) is 6.82. The molecule has 0 bridgehead atoms. The highest BCUT2D eigenvalue weighted by Gasteiger charge is 2.32. The van der Waals surface area contributed by atoms with Crippen LogP contribution in [0.3, 0.4) is 0 Å². The number of carbonyl (C=O) groups excluding carboxylic acids is 1. The van der Waals surface area contributed by atoms with E-state index in [1.165, 1.54) is 18.3 Å². The lowest BCUT2D eigenvalue weighted by molar-refractivity contribution is 0.0690. The minimum absolute atomic E-state index is 0.0645. The average molecular weight is 506 g/mol. The van der Waals surface area contributed by atoms with E-state index in [1.807, 2.05) is 19.1 Å². The van der Waals surface area contributed by atoms with Crippen LogP contribution in [0.1, 0.15) is 29.4 Å². The molecule has 0 aliphatic carbocycles. The molecule has 0 spiro atoms. The van der Waals surface area contributed by atoms with E-state index in [9.17, 15) is 9.59 Å². The van der Waals surface area contributed by atoms with Crippen LogP contribution in [0, 0.1) is 0 Å². The predicted molar refractivity (Wildman–Crippen MR) is 136 cm³/mol. The fraction of sp³-hybridized carbons (Fsp3) is 0.154. The topological polar surface area (TPSA) is 107 Å². The number of ether oxygens (including phenoxy) is 1. The molecule has 1 fully saturated rings. The third kappa shape index (κ3) is 5.81. The van der Waals surface area contributed by atoms with Crippen molar-refractivity contribution < 1.29 is 19.4 Å². The number of aliphatic imine (C=N–C) groups is 1. The van der Waals surface area contributed by atoms with Crippen LogP contribution in [0.15, 0.2) is 84.3 Å². The molecule has 3 aromatic rings. The monoisotopic (exact) mass is 505 g/mol. The first-order chi connectivity index (χ1) is 17.3. The van der Waals surface area contributed by atoms with E-state index >= 15 is 0 Å². The maximum atomic E-state index is 13.3. The Balaban J connectivity index is 1.55. The van der Waals surface area contributed by atoms with Gasteiger partial charge in [0.05, 0.1) is 18.4 Å². The van der Waals surface area contributed by atoms with Gasteiger partial charge in [-0.2, -0.15) is 0 Å². The molecule has 2 N–H and O–H groups in total. The van der Waals surface area contributed by atoms with E-state index in [0.717, 1.165) is 12.0 Å². The van der Waals surface area contributed by atoms with Crippen molar-refractivity contribution in [1.82, 2.24) is 20.1 Å². The molecule has 2 amide bonds. The fourth-order valence-electron chi connectivity index (χ4n) is 3.49. The lowest BCUT2D eigenvalue weighted by Gasteiger charge is -2.38. The molecule has 1 aromatic heterocycles. The van der Waals surface area contributed by atoms with Crippen molar-refractivity contribution in [3.63, 3.8) is 0 Å². The summed E-state index contributed by atoms with van der Waals surface area (Å²) in [5, 5.41) is 12.7. The number of urea groups is 1. The highest BCUT2D eigenvalue weighted by molar-refractivity contribution is 6.30. The maximum absolute atomic E-state index is 13.3. The number of nitrogens with zero attached hydrogens (tertiary/aromatic N) is 4. The van der Waals surface area contributed by atoms with Gasteiger partial charge in [-0.25, -0.2) is 19.6 Å². The fourth-order valence-corrected chi connectivity index (χ4v) is 3.61. The number of hydrogen-bond donors (Lipinski definition) is 2. The number of carbonyl (C=O) groups is 2. The van der Waals surface area contributed by atoms with E-state index in [2.05, 4.69) is 21.9 Å². The molecule has 4 rings (SSSR count). The van der Waals surface area contributed by atoms with Gasteiger partial charge in [-0.1, -0.05) is 37.2 Å². The van der Waals surface area contributed by atoms with Gasteiger partial charge in [0.1, 0.15) is 23.0 Å². The molecule has 2 aromatic carbocycles. The first-order valence-electron chi connectivity index (χ1n) is 11.2. The normalized spacial score (nSPS) is 14.7. The second kappa shape index (κ2) is 10.9. The number of hydrogen-bond acceptors (Lipinski definition) is 5. The van der Waals surface area contributed by atoms with Crippen LogP contribution >= 0.6 is 11.6 Å². The summed E-state index contributed by atoms with van der Waals surface area (Å²) in [5.74, 6) is 0.637. The Hall–Kier alpha value is -4.37. The van der Waals surface area contributed by atoms with Gasteiger partial charge in [0.15, 0.2) is 0 Å². The summed E-state index contributed by atoms with van der Waals surface area (Å²) in [5.41, 5.74) is 1.43. The number of nitrogens with one attached hydrogen (secondary N) is 1. The predicted octanol–water partition coefficient (Wildman–Crippen LogP) is 5.62. The molecule has 0 atom stereocenters. The minimum Gasteiger partial charge on any atom is -0.477 e. The zero-order chi connectivity index (χ0) is 25.7. The molecule has 1 aliphatic heterocycles. The molecule has 36 heavy (non-hydrogen) atoms. The van der Waals surface area contributed by atoms with Crippen LogP contribution in [0.2, 0.25) is 5.02 Å². The molecule has 1 aliphatic rings. The molecule has 0 unspecified atom stereocenters. The van der Waals surface area contributed by atoms with E-state index in [0.29, 0.717) is 47.1 Å². The quantitative estimate of drug-likeness (QED) is 0.411. The van der Waals surface area contributed by atoms with E-state index in [-0.39, 0.29) is 11.7 Å². The average Bonchev–Trinajstić information content (AvgIpc) is 2.87. The number of rotatable bonds is 8. The van der Waals surface area contributed by atoms with Crippen LogP contribution in [0.5, 0.6) is 11.5 Å². The Labute approximate surface area is 213 Å². The molecule has 0 radical (unpaired) electrons. The molecule has 184 valence electrons. The van der Waals surface area contributed by atoms with Crippen LogP contribution in [0.4, 0.5) is 10.5 Å². The lowest BCUT2D eigenvalue weighted by atomic mass is 10.2. The standard InChI is InChI=1S/C26H24ClN5O4/c1-3-14-31-17(2)29-25(32(26(31)35)16-18-4-6-19(27)7-5-18)30-20-8-10-21(11-9-20)36-22-12-13-23(24(33)34)28-15-22/h4-13,15H,2-3,14,16H2,1H3,(H,29,30)(H,33,34). The van der Waals surface area contributed by atoms with Crippen LogP contribution in [-0.2, 0) is 6.54 Å². The van der Waals surface area contributed by atoms with E-state index in [1.54, 1.807) is 46.2 Å². The van der Waals surface area contributed by atoms with Gasteiger partial charge in [-0.15, -0.1) is 0 Å². The van der Waals surface area contributed by atoms with Crippen molar-refractivity contribution >= 4 is 35.2 Å². The number of guanidine groups is 1. The smallest absolute Gasteiger partial charge is 0.354 e. The summed E-state index contributed by atoms with van der Waals surface area (Å²) in [6, 6.07) is 16.9. The summed E-state index contributed by atoms with van der Waals surface area (Å²) < 4.78 is 5.73. The summed E-state index contributed by atoms with van der Waals surface area (Å²) >= 11 is 6.01. The molecule has 0 saturated carbocycles. The Morgan fingerprint density at radius 3 is 2.39 bits per heavy atom. The zero-order valence-corrected chi connectivity index (χ0v) is 20.3. The number of carboxylic acid groups (broad SMARTS) is 1. The zero-order valence-electron chi connectivity index (χ0n) is 19.5. The molecule has 2 heterocycles. The Morgan fingerprint density at radius 1 is 1.08 bits per heavy atom. The van der Waals surface area contributed by atoms with E-state index in [4.69, 9.17) is 21.4 Å². The van der Waals surface area contributed by atoms with Gasteiger partial charge in [0.25, 0.3) is 0 Å². The Morgan fingerprint density at radius 2 is 1.78 bits per heavy atom.